The molecule has 62 heavy (non-hydrogen) atoms. The Labute approximate surface area is 368 Å². The highest BCUT2D eigenvalue weighted by molar-refractivity contribution is 14.1. The number of hydrogen-bond donors (Lipinski definition) is 10. The van der Waals surface area contributed by atoms with E-state index in [1.807, 2.05) is 6.07 Å². The Balaban J connectivity index is 2.07. The van der Waals surface area contributed by atoms with Gasteiger partial charge in [0, 0.05) is 60.6 Å². The summed E-state index contributed by atoms with van der Waals surface area (Å²) in [4.78, 5) is 140. The Morgan fingerprint density at radius 1 is 0.677 bits per heavy atom. The number of benzene rings is 1. The van der Waals surface area contributed by atoms with Crippen LogP contribution in [0.2, 0.25) is 0 Å². The van der Waals surface area contributed by atoms with Crippen molar-refractivity contribution in [3.63, 3.8) is 0 Å². The summed E-state index contributed by atoms with van der Waals surface area (Å²) in [7, 11) is 0. The SMILES string of the molecule is O=C(O)CC[C@@H](NC(=O)CCCCC(=O)ON1C(=O)CCC1O)C(=O)N[C@H](CCC(=O)O)C(=O)N[C@H](CCC(=O)O)C(=O)N[C@H](CCCCNC(=O)c1cccc(I)c1)C(=O)O. The van der Waals surface area contributed by atoms with Crippen LogP contribution in [0, 0.1) is 3.57 Å². The minimum Gasteiger partial charge on any atom is -0.481 e. The fraction of sp³-hybridized carbons (Fsp3) is 0.553. The van der Waals surface area contributed by atoms with Gasteiger partial charge in [0.2, 0.25) is 23.6 Å². The van der Waals surface area contributed by atoms with Crippen LogP contribution < -0.4 is 26.6 Å². The number of aliphatic hydroxyl groups excluding tert-OH is 1. The van der Waals surface area contributed by atoms with Crippen LogP contribution in [-0.2, 0) is 52.8 Å². The molecule has 1 unspecified atom stereocenters. The maximum atomic E-state index is 13.5. The molecular formula is C38H51IN6O17. The quantitative estimate of drug-likeness (QED) is 0.0366. The zero-order valence-corrected chi connectivity index (χ0v) is 35.6. The van der Waals surface area contributed by atoms with Gasteiger partial charge >= 0.3 is 29.8 Å². The fourth-order valence-corrected chi connectivity index (χ4v) is 6.37. The third-order valence-electron chi connectivity index (χ3n) is 9.13. The third-order valence-corrected chi connectivity index (χ3v) is 9.80. The van der Waals surface area contributed by atoms with Gasteiger partial charge in [-0.2, -0.15) is 0 Å². The predicted molar refractivity (Wildman–Crippen MR) is 218 cm³/mol. The van der Waals surface area contributed by atoms with Gasteiger partial charge < -0.3 is 57.0 Å². The van der Waals surface area contributed by atoms with Crippen molar-refractivity contribution in [2.45, 2.75) is 127 Å². The number of halogens is 1. The van der Waals surface area contributed by atoms with Crippen molar-refractivity contribution >= 4 is 87.9 Å². The largest absolute Gasteiger partial charge is 0.481 e. The number of nitrogens with one attached hydrogen (secondary N) is 5. The molecule has 2 rings (SSSR count). The number of amides is 6. The number of carbonyl (C=O) groups excluding carboxylic acids is 7. The van der Waals surface area contributed by atoms with Crippen molar-refractivity contribution in [2.24, 2.45) is 0 Å². The second kappa shape index (κ2) is 27.1. The lowest BCUT2D eigenvalue weighted by atomic mass is 10.0. The Hall–Kier alpha value is -5.92. The first kappa shape index (κ1) is 52.2. The number of carbonyl (C=O) groups is 11. The van der Waals surface area contributed by atoms with Crippen molar-refractivity contribution < 1.29 is 83.1 Å². The second-order valence-electron chi connectivity index (χ2n) is 14.1. The molecular weight excluding hydrogens is 939 g/mol. The standard InChI is InChI=1S/C38H51IN6O17/c39-22-7-5-6-21(20-22)34(56)40-19-4-3-8-26(38(60)61)44-37(59)25(13-18-32(53)54)43-36(58)24(12-17-31(51)52)42-35(57)23(11-16-30(49)50)41-27(46)9-1-2-10-33(55)62-45-28(47)14-15-29(45)48/h5-7,20,23-26,28,47H,1-4,8-19H2,(H,40,56)(H,41,46)(H,42,57)(H,43,58)(H,44,59)(H,49,50)(H,51,52)(H,53,54)(H,60,61)/t23-,24-,25-,26-,28?/m1/s1. The molecule has 0 radical (unpaired) electrons. The van der Waals surface area contributed by atoms with Gasteiger partial charge in [-0.05, 0) is 92.2 Å². The fourth-order valence-electron chi connectivity index (χ4n) is 5.83. The maximum absolute atomic E-state index is 13.5. The lowest BCUT2D eigenvalue weighted by molar-refractivity contribution is -0.220. The molecule has 0 spiro atoms. The van der Waals surface area contributed by atoms with Crippen LogP contribution in [0.4, 0.5) is 0 Å². The van der Waals surface area contributed by atoms with E-state index in [-0.39, 0.29) is 63.8 Å². The number of hydrogen-bond acceptors (Lipinski definition) is 13. The van der Waals surface area contributed by atoms with Crippen molar-refractivity contribution in [3.05, 3.63) is 33.4 Å². The van der Waals surface area contributed by atoms with Crippen LogP contribution in [0.3, 0.4) is 0 Å². The lowest BCUT2D eigenvalue weighted by Crippen LogP contribution is -2.58. The highest BCUT2D eigenvalue weighted by atomic mass is 127. The summed E-state index contributed by atoms with van der Waals surface area (Å²) in [5.74, 6) is -11.5. The first-order valence-electron chi connectivity index (χ1n) is 19.6. The van der Waals surface area contributed by atoms with E-state index in [0.717, 1.165) is 3.57 Å². The van der Waals surface area contributed by atoms with E-state index in [9.17, 15) is 78.3 Å². The first-order chi connectivity index (χ1) is 29.3. The molecule has 1 saturated heterocycles. The van der Waals surface area contributed by atoms with Gasteiger partial charge in [-0.1, -0.05) is 6.07 Å². The van der Waals surface area contributed by atoms with Crippen molar-refractivity contribution in [1.29, 1.82) is 0 Å². The summed E-state index contributed by atoms with van der Waals surface area (Å²) in [5.41, 5.74) is 0.430. The van der Waals surface area contributed by atoms with Crippen LogP contribution in [-0.4, -0.2) is 133 Å². The average Bonchev–Trinajstić information content (AvgIpc) is 3.51. The molecule has 0 bridgehead atoms. The molecule has 24 heteroatoms. The van der Waals surface area contributed by atoms with Gasteiger partial charge in [-0.15, -0.1) is 5.06 Å². The average molecular weight is 991 g/mol. The molecule has 1 fully saturated rings. The third kappa shape index (κ3) is 20.1. The summed E-state index contributed by atoms with van der Waals surface area (Å²) in [6, 6.07) is 0.307. The van der Waals surface area contributed by atoms with Gasteiger partial charge in [0.1, 0.15) is 24.2 Å². The monoisotopic (exact) mass is 990 g/mol. The van der Waals surface area contributed by atoms with Gasteiger partial charge in [0.15, 0.2) is 6.23 Å². The summed E-state index contributed by atoms with van der Waals surface area (Å²) >= 11 is 2.06. The number of aliphatic carboxylic acids is 4. The number of aliphatic hydroxyl groups is 1. The highest BCUT2D eigenvalue weighted by Crippen LogP contribution is 2.18. The molecule has 5 atom stereocenters. The van der Waals surface area contributed by atoms with E-state index in [2.05, 4.69) is 49.2 Å². The lowest BCUT2D eigenvalue weighted by Gasteiger charge is -2.26. The van der Waals surface area contributed by atoms with Gasteiger partial charge in [0.05, 0.1) is 0 Å². The minimum atomic E-state index is -1.74. The van der Waals surface area contributed by atoms with E-state index >= 15 is 0 Å². The Morgan fingerprint density at radius 3 is 1.68 bits per heavy atom. The van der Waals surface area contributed by atoms with Crippen LogP contribution in [0.1, 0.15) is 107 Å². The minimum absolute atomic E-state index is 0.00244. The van der Waals surface area contributed by atoms with Gasteiger partial charge in [-0.25, -0.2) is 9.59 Å². The molecule has 1 heterocycles. The number of nitrogens with zero attached hydrogens (tertiary/aromatic N) is 1. The van der Waals surface area contributed by atoms with Crippen LogP contribution in [0.15, 0.2) is 24.3 Å². The molecule has 0 aliphatic carbocycles. The molecule has 23 nitrogen and oxygen atoms in total. The van der Waals surface area contributed by atoms with Crippen LogP contribution >= 0.6 is 22.6 Å². The van der Waals surface area contributed by atoms with E-state index in [0.29, 0.717) is 17.0 Å². The molecule has 342 valence electrons. The van der Waals surface area contributed by atoms with E-state index in [1.54, 1.807) is 18.2 Å². The van der Waals surface area contributed by atoms with E-state index in [4.69, 9.17) is 4.84 Å². The molecule has 1 aromatic carbocycles. The Bertz CT molecular complexity index is 1810. The summed E-state index contributed by atoms with van der Waals surface area (Å²) in [6.45, 7) is 0.182. The second-order valence-corrected chi connectivity index (χ2v) is 15.4. The summed E-state index contributed by atoms with van der Waals surface area (Å²) in [5, 5.41) is 59.7. The normalized spacial score (nSPS) is 15.2. The number of carboxylic acids is 4. The van der Waals surface area contributed by atoms with Gasteiger partial charge in [0.25, 0.3) is 11.8 Å². The molecule has 1 aromatic rings. The van der Waals surface area contributed by atoms with Crippen molar-refractivity contribution in [3.8, 4) is 0 Å². The Morgan fingerprint density at radius 2 is 1.19 bits per heavy atom. The van der Waals surface area contributed by atoms with E-state index in [1.165, 1.54) is 0 Å². The highest BCUT2D eigenvalue weighted by Gasteiger charge is 2.34. The molecule has 10 N–H and O–H groups in total. The van der Waals surface area contributed by atoms with Crippen LogP contribution in [0.25, 0.3) is 0 Å². The number of rotatable bonds is 29. The van der Waals surface area contributed by atoms with Gasteiger partial charge in [-0.3, -0.25) is 43.2 Å². The molecule has 1 aliphatic heterocycles. The molecule has 1 aliphatic rings. The van der Waals surface area contributed by atoms with Crippen molar-refractivity contribution in [2.75, 3.05) is 6.54 Å². The maximum Gasteiger partial charge on any atom is 0.332 e. The Kier molecular flexibility index (Phi) is 22.8. The predicted octanol–water partition coefficient (Wildman–Crippen LogP) is -0.231. The first-order valence-corrected chi connectivity index (χ1v) is 20.7. The molecule has 6 amide bonds. The zero-order chi connectivity index (χ0) is 46.4. The number of hydroxylamine groups is 2. The smallest absolute Gasteiger partial charge is 0.332 e. The zero-order valence-electron chi connectivity index (χ0n) is 33.5. The molecule has 0 saturated carbocycles. The molecule has 0 aromatic heterocycles. The van der Waals surface area contributed by atoms with E-state index < -0.39 is 128 Å². The number of unbranched alkanes of at least 4 members (excludes halogenated alkanes) is 2. The topological polar surface area (TPSA) is 362 Å². The summed E-state index contributed by atoms with van der Waals surface area (Å²) < 4.78 is 0.850. The van der Waals surface area contributed by atoms with Crippen LogP contribution in [0.5, 0.6) is 0 Å². The van der Waals surface area contributed by atoms with Crippen molar-refractivity contribution in [1.82, 2.24) is 31.6 Å². The number of carboxylic acid groups (broad SMARTS) is 4. The summed E-state index contributed by atoms with van der Waals surface area (Å²) in [6.07, 6.45) is -4.84.